The molecule has 1 aromatic heterocycles. The highest BCUT2D eigenvalue weighted by Gasteiger charge is 2.15. The Morgan fingerprint density at radius 1 is 1.32 bits per heavy atom. The maximum atomic E-state index is 13.3. The fourth-order valence-electron chi connectivity index (χ4n) is 1.84. The lowest BCUT2D eigenvalue weighted by atomic mass is 10.2. The summed E-state index contributed by atoms with van der Waals surface area (Å²) in [5.41, 5.74) is 0.855. The Labute approximate surface area is 128 Å². The van der Waals surface area contributed by atoms with E-state index in [0.29, 0.717) is 15.7 Å². The first-order valence-electron chi connectivity index (χ1n) is 5.96. The molecule has 0 aliphatic heterocycles. The second kappa shape index (κ2) is 6.13. The van der Waals surface area contributed by atoms with Gasteiger partial charge in [-0.3, -0.25) is 0 Å². The van der Waals surface area contributed by atoms with Gasteiger partial charge in [0.1, 0.15) is 11.6 Å². The van der Waals surface area contributed by atoms with Crippen LogP contribution in [0.4, 0.5) is 4.39 Å². The van der Waals surface area contributed by atoms with E-state index < -0.39 is 0 Å². The van der Waals surface area contributed by atoms with Gasteiger partial charge < -0.3 is 4.57 Å². The van der Waals surface area contributed by atoms with Crippen LogP contribution in [0.15, 0.2) is 22.7 Å². The lowest BCUT2D eigenvalue weighted by Crippen LogP contribution is -2.09. The number of hydrogen-bond acceptors (Lipinski definition) is 2. The number of aromatic nitrogens is 3. The highest BCUT2D eigenvalue weighted by molar-refractivity contribution is 9.10. The molecule has 0 spiro atoms. The third kappa shape index (κ3) is 3.23. The summed E-state index contributed by atoms with van der Waals surface area (Å²) < 4.78 is 15.8. The molecule has 0 aliphatic carbocycles. The molecule has 0 unspecified atom stereocenters. The van der Waals surface area contributed by atoms with Crippen molar-refractivity contribution >= 4 is 31.9 Å². The van der Waals surface area contributed by atoms with Crippen LogP contribution in [0.5, 0.6) is 0 Å². The summed E-state index contributed by atoms with van der Waals surface area (Å²) in [5.74, 6) is 1.85. The molecule has 0 atom stereocenters. The van der Waals surface area contributed by atoms with Crippen LogP contribution in [0.3, 0.4) is 0 Å². The number of benzene rings is 1. The average molecular weight is 391 g/mol. The molecule has 2 rings (SSSR count). The first kappa shape index (κ1) is 14.7. The summed E-state index contributed by atoms with van der Waals surface area (Å²) in [4.78, 5) is 0. The van der Waals surface area contributed by atoms with Gasteiger partial charge in [0.15, 0.2) is 5.82 Å². The topological polar surface area (TPSA) is 30.7 Å². The zero-order valence-corrected chi connectivity index (χ0v) is 13.9. The molecule has 0 amide bonds. The predicted octanol–water partition coefficient (Wildman–Crippen LogP) is 4.40. The van der Waals surface area contributed by atoms with Crippen LogP contribution in [0.25, 0.3) is 11.4 Å². The molecule has 102 valence electrons. The largest absolute Gasteiger partial charge is 0.310 e. The van der Waals surface area contributed by atoms with E-state index in [0.717, 1.165) is 23.8 Å². The van der Waals surface area contributed by atoms with E-state index in [1.807, 2.05) is 0 Å². The van der Waals surface area contributed by atoms with Gasteiger partial charge in [0.2, 0.25) is 0 Å². The van der Waals surface area contributed by atoms with Crippen LogP contribution in [0.1, 0.15) is 19.7 Å². The first-order chi connectivity index (χ1) is 9.02. The molecule has 0 aliphatic rings. The van der Waals surface area contributed by atoms with E-state index in [-0.39, 0.29) is 5.82 Å². The standard InChI is InChI=1S/C13H14Br2FN3/c1-8(2)7-19-12(6-14)17-18-13(19)9-3-4-11(16)10(15)5-9/h3-5,8H,6-7H2,1-2H3. The highest BCUT2D eigenvalue weighted by Crippen LogP contribution is 2.25. The number of halogens is 3. The van der Waals surface area contributed by atoms with Crippen molar-refractivity contribution in [3.63, 3.8) is 0 Å². The Morgan fingerprint density at radius 3 is 2.63 bits per heavy atom. The summed E-state index contributed by atoms with van der Waals surface area (Å²) in [6, 6.07) is 4.88. The highest BCUT2D eigenvalue weighted by atomic mass is 79.9. The van der Waals surface area contributed by atoms with Crippen LogP contribution in [-0.4, -0.2) is 14.8 Å². The summed E-state index contributed by atoms with van der Waals surface area (Å²) in [6.45, 7) is 5.11. The third-order valence-electron chi connectivity index (χ3n) is 2.67. The molecule has 0 fully saturated rings. The zero-order chi connectivity index (χ0) is 14.0. The monoisotopic (exact) mass is 389 g/mol. The average Bonchev–Trinajstić information content (AvgIpc) is 2.75. The normalized spacial score (nSPS) is 11.3. The van der Waals surface area contributed by atoms with E-state index in [1.165, 1.54) is 6.07 Å². The van der Waals surface area contributed by atoms with Crippen LogP contribution in [0.2, 0.25) is 0 Å². The molecule has 3 nitrogen and oxygen atoms in total. The SMILES string of the molecule is CC(C)Cn1c(CBr)nnc1-c1ccc(F)c(Br)c1. The zero-order valence-electron chi connectivity index (χ0n) is 10.7. The van der Waals surface area contributed by atoms with Crippen molar-refractivity contribution in [1.82, 2.24) is 14.8 Å². The van der Waals surface area contributed by atoms with Crippen LogP contribution in [0, 0.1) is 11.7 Å². The maximum absolute atomic E-state index is 13.3. The van der Waals surface area contributed by atoms with Gasteiger partial charge >= 0.3 is 0 Å². The second-order valence-electron chi connectivity index (χ2n) is 4.71. The molecule has 0 saturated heterocycles. The fraction of sp³-hybridized carbons (Fsp3) is 0.385. The quantitative estimate of drug-likeness (QED) is 0.724. The molecule has 19 heavy (non-hydrogen) atoms. The van der Waals surface area contributed by atoms with E-state index in [2.05, 4.69) is 60.5 Å². The van der Waals surface area contributed by atoms with Gasteiger partial charge in [0, 0.05) is 12.1 Å². The van der Waals surface area contributed by atoms with E-state index in [1.54, 1.807) is 12.1 Å². The van der Waals surface area contributed by atoms with E-state index in [4.69, 9.17) is 0 Å². The fourth-order valence-corrected chi connectivity index (χ4v) is 2.63. The molecule has 0 N–H and O–H groups in total. The lowest BCUT2D eigenvalue weighted by Gasteiger charge is -2.12. The lowest BCUT2D eigenvalue weighted by molar-refractivity contribution is 0.516. The van der Waals surface area contributed by atoms with Crippen molar-refractivity contribution in [2.24, 2.45) is 5.92 Å². The van der Waals surface area contributed by atoms with Crippen LogP contribution in [-0.2, 0) is 11.9 Å². The van der Waals surface area contributed by atoms with Crippen molar-refractivity contribution in [3.05, 3.63) is 34.3 Å². The smallest absolute Gasteiger partial charge is 0.164 e. The van der Waals surface area contributed by atoms with Crippen molar-refractivity contribution in [2.45, 2.75) is 25.7 Å². The minimum absolute atomic E-state index is 0.278. The van der Waals surface area contributed by atoms with Crippen molar-refractivity contribution in [2.75, 3.05) is 0 Å². The van der Waals surface area contributed by atoms with Gasteiger partial charge in [-0.05, 0) is 40.0 Å². The Hall–Kier alpha value is -0.750. The Morgan fingerprint density at radius 2 is 2.05 bits per heavy atom. The Kier molecular flexibility index (Phi) is 4.73. The minimum atomic E-state index is -0.278. The van der Waals surface area contributed by atoms with E-state index >= 15 is 0 Å². The Bertz CT molecular complexity index is 581. The summed E-state index contributed by atoms with van der Waals surface area (Å²) in [7, 11) is 0. The molecule has 1 aromatic carbocycles. The molecular weight excluding hydrogens is 377 g/mol. The minimum Gasteiger partial charge on any atom is -0.310 e. The van der Waals surface area contributed by atoms with Gasteiger partial charge in [-0.25, -0.2) is 4.39 Å². The van der Waals surface area contributed by atoms with Gasteiger partial charge in [0.05, 0.1) is 9.80 Å². The molecule has 2 aromatic rings. The first-order valence-corrected chi connectivity index (χ1v) is 7.87. The van der Waals surface area contributed by atoms with Crippen LogP contribution < -0.4 is 0 Å². The number of rotatable bonds is 4. The van der Waals surface area contributed by atoms with Crippen molar-refractivity contribution in [1.29, 1.82) is 0 Å². The molecule has 0 saturated carbocycles. The Balaban J connectivity index is 2.48. The second-order valence-corrected chi connectivity index (χ2v) is 6.12. The van der Waals surface area contributed by atoms with Gasteiger partial charge in [-0.1, -0.05) is 29.8 Å². The summed E-state index contributed by atoms with van der Waals surface area (Å²) in [6.07, 6.45) is 0. The summed E-state index contributed by atoms with van der Waals surface area (Å²) in [5, 5.41) is 9.04. The molecule has 6 heteroatoms. The van der Waals surface area contributed by atoms with E-state index in [9.17, 15) is 4.39 Å². The summed E-state index contributed by atoms with van der Waals surface area (Å²) >= 11 is 6.62. The molecule has 0 radical (unpaired) electrons. The third-order valence-corrected chi connectivity index (χ3v) is 3.78. The maximum Gasteiger partial charge on any atom is 0.164 e. The molecule has 0 bridgehead atoms. The molecule has 1 heterocycles. The number of nitrogens with zero attached hydrogens (tertiary/aromatic N) is 3. The number of hydrogen-bond donors (Lipinski definition) is 0. The van der Waals surface area contributed by atoms with Crippen molar-refractivity contribution < 1.29 is 4.39 Å². The van der Waals surface area contributed by atoms with Gasteiger partial charge in [-0.15, -0.1) is 10.2 Å². The van der Waals surface area contributed by atoms with Crippen molar-refractivity contribution in [3.8, 4) is 11.4 Å². The number of alkyl halides is 1. The molecular formula is C13H14Br2FN3. The predicted molar refractivity (Wildman–Crippen MR) is 80.6 cm³/mol. The van der Waals surface area contributed by atoms with Gasteiger partial charge in [-0.2, -0.15) is 0 Å². The van der Waals surface area contributed by atoms with Crippen LogP contribution >= 0.6 is 31.9 Å². The van der Waals surface area contributed by atoms with Gasteiger partial charge in [0.25, 0.3) is 0 Å².